The summed E-state index contributed by atoms with van der Waals surface area (Å²) in [6.45, 7) is 0. The molecule has 2 aromatic heterocycles. The van der Waals surface area contributed by atoms with Crippen LogP contribution in [0.3, 0.4) is 0 Å². The van der Waals surface area contributed by atoms with Crippen molar-refractivity contribution < 1.29 is 0 Å². The molecule has 66 heavy (non-hydrogen) atoms. The number of hydrogen-bond donors (Lipinski definition) is 0. The van der Waals surface area contributed by atoms with Crippen molar-refractivity contribution in [1.82, 2.24) is 9.55 Å². The molecule has 0 bridgehead atoms. The summed E-state index contributed by atoms with van der Waals surface area (Å²) in [6.07, 6.45) is 0. The van der Waals surface area contributed by atoms with Crippen LogP contribution in [-0.4, -0.2) is 9.55 Å². The van der Waals surface area contributed by atoms with Gasteiger partial charge in [0, 0.05) is 27.6 Å². The molecule has 2 nitrogen and oxygen atoms in total. The third-order valence-corrected chi connectivity index (χ3v) is 14.4. The van der Waals surface area contributed by atoms with Crippen molar-refractivity contribution in [3.8, 4) is 72.7 Å². The van der Waals surface area contributed by atoms with Gasteiger partial charge < -0.3 is 4.57 Å². The van der Waals surface area contributed by atoms with E-state index in [9.17, 15) is 0 Å². The summed E-state index contributed by atoms with van der Waals surface area (Å²) < 4.78 is 2.37. The third kappa shape index (κ3) is 5.21. The highest BCUT2D eigenvalue weighted by molar-refractivity contribution is 6.10. The van der Waals surface area contributed by atoms with E-state index in [1.165, 1.54) is 88.2 Å². The molecular weight excluding hydrogens is 797 g/mol. The van der Waals surface area contributed by atoms with Crippen LogP contribution in [0.25, 0.3) is 105 Å². The highest BCUT2D eigenvalue weighted by Crippen LogP contribution is 2.65. The standard InChI is InChI=1S/C64H40N2/c1-2-17-41(18-3-1)58-39-46(40-59(65-58)42-33-35-47(36-34-42)66-60-31-14-9-25-51(60)52-26-10-15-32-61(52)66)43-20-16-21-44(37-43)54-38-45-19-4-5-22-48(45)63-62(54)53-27-8-13-30-57(53)64(63)55-28-11-6-23-49(55)50-24-7-12-29-56(50)64/h1-40H. The van der Waals surface area contributed by atoms with E-state index in [1.54, 1.807) is 0 Å². The fourth-order valence-corrected chi connectivity index (χ4v) is 11.7. The zero-order chi connectivity index (χ0) is 43.3. The van der Waals surface area contributed by atoms with Gasteiger partial charge in [0.05, 0.1) is 27.8 Å². The average molecular weight is 837 g/mol. The van der Waals surface area contributed by atoms with Crippen LogP contribution in [0.5, 0.6) is 0 Å². The molecule has 12 aromatic rings. The zero-order valence-electron chi connectivity index (χ0n) is 36.0. The first-order valence-electron chi connectivity index (χ1n) is 22.9. The van der Waals surface area contributed by atoms with Crippen molar-refractivity contribution >= 4 is 32.6 Å². The molecule has 0 radical (unpaired) electrons. The van der Waals surface area contributed by atoms with E-state index in [4.69, 9.17) is 4.98 Å². The SMILES string of the molecule is c1ccc(-c2cc(-c3cccc(-c4cc5ccccc5c5c4-c4ccccc4C54c5ccccc5-c5ccccc54)c3)cc(-c3ccc(-n4c5ccccc5c5ccccc54)cc3)n2)cc1. The Morgan fingerprint density at radius 3 is 1.48 bits per heavy atom. The molecule has 14 rings (SSSR count). The van der Waals surface area contributed by atoms with Crippen LogP contribution in [-0.2, 0) is 5.41 Å². The molecule has 0 aliphatic heterocycles. The molecule has 10 aromatic carbocycles. The van der Waals surface area contributed by atoms with Crippen LogP contribution in [0.2, 0.25) is 0 Å². The minimum absolute atomic E-state index is 0.450. The molecule has 0 amide bonds. The number of nitrogens with zero attached hydrogens (tertiary/aromatic N) is 2. The minimum atomic E-state index is -0.450. The molecular formula is C64H40N2. The van der Waals surface area contributed by atoms with Gasteiger partial charge in [-0.2, -0.15) is 0 Å². The van der Waals surface area contributed by atoms with E-state index in [-0.39, 0.29) is 0 Å². The Labute approximate surface area is 383 Å². The Hall–Kier alpha value is -8.59. The van der Waals surface area contributed by atoms with Gasteiger partial charge in [-0.25, -0.2) is 4.98 Å². The lowest BCUT2D eigenvalue weighted by Crippen LogP contribution is -2.26. The number of rotatable bonds is 5. The van der Waals surface area contributed by atoms with Crippen molar-refractivity contribution in [1.29, 1.82) is 0 Å². The fourth-order valence-electron chi connectivity index (χ4n) is 11.7. The summed E-state index contributed by atoms with van der Waals surface area (Å²) in [5, 5.41) is 5.05. The topological polar surface area (TPSA) is 17.8 Å². The average Bonchev–Trinajstić information content (AvgIpc) is 4.01. The van der Waals surface area contributed by atoms with Crippen LogP contribution in [0.4, 0.5) is 0 Å². The van der Waals surface area contributed by atoms with E-state index in [1.807, 2.05) is 0 Å². The maximum atomic E-state index is 5.35. The van der Waals surface area contributed by atoms with Gasteiger partial charge in [-0.1, -0.05) is 194 Å². The molecule has 0 unspecified atom stereocenters. The zero-order valence-corrected chi connectivity index (χ0v) is 36.0. The molecule has 0 fully saturated rings. The van der Waals surface area contributed by atoms with Gasteiger partial charge >= 0.3 is 0 Å². The smallest absolute Gasteiger partial charge is 0.0731 e. The fraction of sp³-hybridized carbons (Fsp3) is 0.0156. The van der Waals surface area contributed by atoms with Crippen molar-refractivity contribution in [2.24, 2.45) is 0 Å². The van der Waals surface area contributed by atoms with Gasteiger partial charge in [-0.05, 0) is 126 Å². The number of fused-ring (bicyclic) bond motifs is 15. The van der Waals surface area contributed by atoms with E-state index in [2.05, 4.69) is 247 Å². The van der Waals surface area contributed by atoms with Crippen molar-refractivity contribution in [2.45, 2.75) is 5.41 Å². The molecule has 2 aliphatic rings. The van der Waals surface area contributed by atoms with Crippen LogP contribution in [0.15, 0.2) is 243 Å². The molecule has 0 N–H and O–H groups in total. The number of pyridine rings is 1. The number of aromatic nitrogens is 2. The summed E-state index contributed by atoms with van der Waals surface area (Å²) in [6, 6.07) is 89.3. The van der Waals surface area contributed by atoms with Gasteiger partial charge in [0.15, 0.2) is 0 Å². The van der Waals surface area contributed by atoms with E-state index < -0.39 is 5.41 Å². The van der Waals surface area contributed by atoms with Crippen LogP contribution in [0.1, 0.15) is 22.3 Å². The maximum absolute atomic E-state index is 5.35. The van der Waals surface area contributed by atoms with Gasteiger partial charge in [0.25, 0.3) is 0 Å². The van der Waals surface area contributed by atoms with Crippen LogP contribution < -0.4 is 0 Å². The summed E-state index contributed by atoms with van der Waals surface area (Å²) in [5.74, 6) is 0. The Bertz CT molecular complexity index is 3830. The van der Waals surface area contributed by atoms with Crippen molar-refractivity contribution in [3.63, 3.8) is 0 Å². The monoisotopic (exact) mass is 836 g/mol. The highest BCUT2D eigenvalue weighted by Gasteiger charge is 2.53. The van der Waals surface area contributed by atoms with Crippen LogP contribution >= 0.6 is 0 Å². The Kier molecular flexibility index (Phi) is 7.93. The van der Waals surface area contributed by atoms with E-state index in [0.29, 0.717) is 0 Å². The molecule has 0 atom stereocenters. The molecule has 2 heterocycles. The number of benzene rings is 10. The largest absolute Gasteiger partial charge is 0.309 e. The second-order valence-electron chi connectivity index (χ2n) is 17.8. The van der Waals surface area contributed by atoms with Crippen molar-refractivity contribution in [3.05, 3.63) is 265 Å². The summed E-state index contributed by atoms with van der Waals surface area (Å²) in [4.78, 5) is 5.35. The van der Waals surface area contributed by atoms with Gasteiger partial charge in [0.2, 0.25) is 0 Å². The minimum Gasteiger partial charge on any atom is -0.309 e. The number of para-hydroxylation sites is 2. The first-order chi connectivity index (χ1) is 32.7. The molecule has 0 saturated heterocycles. The Morgan fingerprint density at radius 2 is 0.818 bits per heavy atom. The number of hydrogen-bond acceptors (Lipinski definition) is 1. The van der Waals surface area contributed by atoms with Crippen molar-refractivity contribution in [2.75, 3.05) is 0 Å². The maximum Gasteiger partial charge on any atom is 0.0731 e. The highest BCUT2D eigenvalue weighted by atomic mass is 15.0. The quantitative estimate of drug-likeness (QED) is 0.169. The summed E-state index contributed by atoms with van der Waals surface area (Å²) in [7, 11) is 0. The molecule has 306 valence electrons. The van der Waals surface area contributed by atoms with E-state index in [0.717, 1.165) is 39.3 Å². The predicted molar refractivity (Wildman–Crippen MR) is 274 cm³/mol. The molecule has 1 spiro atoms. The first kappa shape index (κ1) is 36.8. The Morgan fingerprint density at radius 1 is 0.318 bits per heavy atom. The lowest BCUT2D eigenvalue weighted by Gasteiger charge is -2.31. The second-order valence-corrected chi connectivity index (χ2v) is 17.8. The molecule has 2 aliphatic carbocycles. The van der Waals surface area contributed by atoms with E-state index >= 15 is 0 Å². The molecule has 0 saturated carbocycles. The normalized spacial score (nSPS) is 13.0. The Balaban J connectivity index is 0.953. The first-order valence-corrected chi connectivity index (χ1v) is 22.9. The van der Waals surface area contributed by atoms with Gasteiger partial charge in [0.1, 0.15) is 0 Å². The molecule has 2 heteroatoms. The predicted octanol–water partition coefficient (Wildman–Crippen LogP) is 16.3. The third-order valence-electron chi connectivity index (χ3n) is 14.4. The summed E-state index contributed by atoms with van der Waals surface area (Å²) >= 11 is 0. The lowest BCUT2D eigenvalue weighted by atomic mass is 9.69. The van der Waals surface area contributed by atoms with Crippen LogP contribution in [0, 0.1) is 0 Å². The second kappa shape index (κ2) is 14.2. The van der Waals surface area contributed by atoms with Gasteiger partial charge in [-0.3, -0.25) is 0 Å². The van der Waals surface area contributed by atoms with Gasteiger partial charge in [-0.15, -0.1) is 0 Å². The summed E-state index contributed by atoms with van der Waals surface area (Å²) in [5.41, 5.74) is 22.5. The lowest BCUT2D eigenvalue weighted by molar-refractivity contribution is 0.801.